The van der Waals surface area contributed by atoms with Gasteiger partial charge in [-0.3, -0.25) is 0 Å². The van der Waals surface area contributed by atoms with Crippen molar-refractivity contribution in [1.82, 2.24) is 5.32 Å². The number of nitrogens with one attached hydrogen (secondary N) is 1. The number of rotatable bonds is 3. The molecule has 0 aliphatic carbocycles. The van der Waals surface area contributed by atoms with E-state index in [0.29, 0.717) is 0 Å². The van der Waals surface area contributed by atoms with Gasteiger partial charge in [0.2, 0.25) is 0 Å². The molecule has 0 aromatic heterocycles. The Morgan fingerprint density at radius 1 is 1.29 bits per heavy atom. The quantitative estimate of drug-likeness (QED) is 0.414. The lowest BCUT2D eigenvalue weighted by molar-refractivity contribution is -0.255. The van der Waals surface area contributed by atoms with Crippen LogP contribution in [0.5, 0.6) is 0 Å². The Morgan fingerprint density at radius 2 is 1.93 bits per heavy atom. The molecule has 4 N–H and O–H groups in total. The first kappa shape index (κ1) is 11.8. The van der Waals surface area contributed by atoms with Crippen molar-refractivity contribution in [2.45, 2.75) is 30.6 Å². The van der Waals surface area contributed by atoms with Crippen LogP contribution in [0.15, 0.2) is 0 Å². The van der Waals surface area contributed by atoms with Gasteiger partial charge in [0.15, 0.2) is 6.29 Å². The average Bonchev–Trinajstić information content (AvgIpc) is 2.15. The van der Waals surface area contributed by atoms with E-state index in [1.807, 2.05) is 0 Å². The van der Waals surface area contributed by atoms with Gasteiger partial charge in [0, 0.05) is 7.11 Å². The largest absolute Gasteiger partial charge is 0.388 e. The molecule has 84 valence electrons. The summed E-state index contributed by atoms with van der Waals surface area (Å²) in [6.45, 7) is 0.131. The van der Waals surface area contributed by atoms with Crippen molar-refractivity contribution in [2.75, 3.05) is 20.8 Å². The van der Waals surface area contributed by atoms with Gasteiger partial charge in [-0.2, -0.15) is 0 Å². The third-order valence-corrected chi connectivity index (χ3v) is 2.38. The van der Waals surface area contributed by atoms with E-state index in [4.69, 9.17) is 9.47 Å². The maximum absolute atomic E-state index is 9.60. The zero-order valence-electron chi connectivity index (χ0n) is 8.25. The fraction of sp³-hybridized carbons (Fsp3) is 1.00. The van der Waals surface area contributed by atoms with Crippen LogP contribution in [-0.2, 0) is 9.47 Å². The molecule has 1 aliphatic heterocycles. The lowest BCUT2D eigenvalue weighted by atomic mass is 9.97. The Kier molecular flexibility index (Phi) is 4.24. The second-order valence-electron chi connectivity index (χ2n) is 3.32. The Labute approximate surface area is 82.4 Å². The summed E-state index contributed by atoms with van der Waals surface area (Å²) in [7, 11) is 3.03. The van der Waals surface area contributed by atoms with Crippen LogP contribution < -0.4 is 5.32 Å². The van der Waals surface area contributed by atoms with E-state index < -0.39 is 30.6 Å². The molecule has 0 spiro atoms. The van der Waals surface area contributed by atoms with Crippen molar-refractivity contribution in [3.05, 3.63) is 0 Å². The fourth-order valence-corrected chi connectivity index (χ4v) is 1.56. The summed E-state index contributed by atoms with van der Waals surface area (Å²) in [5, 5.41) is 31.3. The summed E-state index contributed by atoms with van der Waals surface area (Å²) in [6, 6.07) is -0.682. The predicted molar refractivity (Wildman–Crippen MR) is 47.6 cm³/mol. The number of aliphatic hydroxyl groups is 3. The molecule has 5 atom stereocenters. The highest BCUT2D eigenvalue weighted by molar-refractivity contribution is 4.91. The van der Waals surface area contributed by atoms with Gasteiger partial charge in [0.05, 0.1) is 12.6 Å². The standard InChI is InChI=1S/C8H17NO5/c1-9-5-7(11)6(10)4(3-13-2)14-8(5)12/h4-12H,3H2,1-2H3. The van der Waals surface area contributed by atoms with E-state index >= 15 is 0 Å². The SMILES string of the molecule is CNC1C(O)OC(COC)C(O)C1O. The van der Waals surface area contributed by atoms with Gasteiger partial charge in [0.25, 0.3) is 0 Å². The van der Waals surface area contributed by atoms with E-state index in [9.17, 15) is 15.3 Å². The highest BCUT2D eigenvalue weighted by atomic mass is 16.6. The predicted octanol–water partition coefficient (Wildman–Crippen LogP) is -2.34. The van der Waals surface area contributed by atoms with Crippen molar-refractivity contribution in [3.63, 3.8) is 0 Å². The van der Waals surface area contributed by atoms with Gasteiger partial charge in [-0.1, -0.05) is 0 Å². The lowest BCUT2D eigenvalue weighted by Gasteiger charge is -2.40. The molecule has 0 saturated carbocycles. The molecule has 14 heavy (non-hydrogen) atoms. The van der Waals surface area contributed by atoms with Gasteiger partial charge in [-0.05, 0) is 7.05 Å². The molecule has 1 saturated heterocycles. The van der Waals surface area contributed by atoms with Gasteiger partial charge in [-0.15, -0.1) is 0 Å². The summed E-state index contributed by atoms with van der Waals surface area (Å²) in [5.74, 6) is 0. The summed E-state index contributed by atoms with van der Waals surface area (Å²) < 4.78 is 9.86. The van der Waals surface area contributed by atoms with Gasteiger partial charge >= 0.3 is 0 Å². The fourth-order valence-electron chi connectivity index (χ4n) is 1.56. The maximum Gasteiger partial charge on any atom is 0.173 e. The van der Waals surface area contributed by atoms with Crippen molar-refractivity contribution in [3.8, 4) is 0 Å². The van der Waals surface area contributed by atoms with E-state index in [1.165, 1.54) is 7.11 Å². The van der Waals surface area contributed by atoms with Crippen LogP contribution in [0.25, 0.3) is 0 Å². The maximum atomic E-state index is 9.60. The van der Waals surface area contributed by atoms with Gasteiger partial charge in [0.1, 0.15) is 18.3 Å². The van der Waals surface area contributed by atoms with Gasteiger partial charge in [-0.25, -0.2) is 0 Å². The van der Waals surface area contributed by atoms with Crippen LogP contribution in [-0.4, -0.2) is 66.7 Å². The second kappa shape index (κ2) is 5.01. The number of hydrogen-bond acceptors (Lipinski definition) is 6. The van der Waals surface area contributed by atoms with Crippen LogP contribution in [0.1, 0.15) is 0 Å². The van der Waals surface area contributed by atoms with Crippen LogP contribution in [0, 0.1) is 0 Å². The number of methoxy groups -OCH3 is 1. The van der Waals surface area contributed by atoms with Crippen molar-refractivity contribution >= 4 is 0 Å². The van der Waals surface area contributed by atoms with Crippen LogP contribution >= 0.6 is 0 Å². The molecule has 6 heteroatoms. The first-order chi connectivity index (χ1) is 6.61. The molecular weight excluding hydrogens is 190 g/mol. The molecule has 0 aromatic rings. The Bertz CT molecular complexity index is 177. The third kappa shape index (κ3) is 2.22. The van der Waals surface area contributed by atoms with E-state index in [0.717, 1.165) is 0 Å². The first-order valence-electron chi connectivity index (χ1n) is 4.47. The Morgan fingerprint density at radius 3 is 2.43 bits per heavy atom. The number of likely N-dealkylation sites (N-methyl/N-ethyl adjacent to an activating group) is 1. The summed E-state index contributed by atoms with van der Waals surface area (Å²) in [6.07, 6.45) is -3.96. The molecule has 1 rings (SSSR count). The summed E-state index contributed by atoms with van der Waals surface area (Å²) in [5.41, 5.74) is 0. The molecule has 5 unspecified atom stereocenters. The van der Waals surface area contributed by atoms with Crippen molar-refractivity contribution < 1.29 is 24.8 Å². The zero-order valence-corrected chi connectivity index (χ0v) is 8.25. The third-order valence-electron chi connectivity index (χ3n) is 2.38. The smallest absolute Gasteiger partial charge is 0.173 e. The lowest BCUT2D eigenvalue weighted by Crippen LogP contribution is -2.62. The molecule has 6 nitrogen and oxygen atoms in total. The molecule has 0 bridgehead atoms. The molecular formula is C8H17NO5. The molecule has 0 radical (unpaired) electrons. The van der Waals surface area contributed by atoms with Crippen molar-refractivity contribution in [1.29, 1.82) is 0 Å². The minimum atomic E-state index is -1.14. The highest BCUT2D eigenvalue weighted by Crippen LogP contribution is 2.19. The monoisotopic (exact) mass is 207 g/mol. The van der Waals surface area contributed by atoms with Crippen molar-refractivity contribution in [2.24, 2.45) is 0 Å². The minimum Gasteiger partial charge on any atom is -0.388 e. The first-order valence-corrected chi connectivity index (χ1v) is 4.47. The normalized spacial score (nSPS) is 43.9. The molecule has 1 fully saturated rings. The molecule has 1 aliphatic rings. The highest BCUT2D eigenvalue weighted by Gasteiger charge is 2.42. The Hall–Kier alpha value is -0.240. The van der Waals surface area contributed by atoms with Crippen LogP contribution in [0.4, 0.5) is 0 Å². The Balaban J connectivity index is 2.62. The van der Waals surface area contributed by atoms with E-state index in [-0.39, 0.29) is 6.61 Å². The second-order valence-corrected chi connectivity index (χ2v) is 3.32. The molecule has 1 heterocycles. The number of hydrogen-bond donors (Lipinski definition) is 4. The minimum absolute atomic E-state index is 0.131. The average molecular weight is 207 g/mol. The number of ether oxygens (including phenoxy) is 2. The van der Waals surface area contributed by atoms with E-state index in [1.54, 1.807) is 7.05 Å². The van der Waals surface area contributed by atoms with E-state index in [2.05, 4.69) is 5.32 Å². The van der Waals surface area contributed by atoms with Gasteiger partial charge < -0.3 is 30.1 Å². The number of aliphatic hydroxyl groups excluding tert-OH is 3. The molecule has 0 amide bonds. The van der Waals surface area contributed by atoms with Crippen LogP contribution in [0.3, 0.4) is 0 Å². The summed E-state index contributed by atoms with van der Waals surface area (Å²) in [4.78, 5) is 0. The zero-order chi connectivity index (χ0) is 10.7. The summed E-state index contributed by atoms with van der Waals surface area (Å²) >= 11 is 0. The molecule has 0 aromatic carbocycles. The van der Waals surface area contributed by atoms with Crippen LogP contribution in [0.2, 0.25) is 0 Å². The topological polar surface area (TPSA) is 91.2 Å².